The summed E-state index contributed by atoms with van der Waals surface area (Å²) in [5.74, 6) is -0.865. The smallest absolute Gasteiger partial charge is 0.225 e. The largest absolute Gasteiger partial charge is 0.330 e. The van der Waals surface area contributed by atoms with Crippen LogP contribution in [0.25, 0.3) is 0 Å². The van der Waals surface area contributed by atoms with Gasteiger partial charge in [0.1, 0.15) is 0 Å². The zero-order valence-corrected chi connectivity index (χ0v) is 6.75. The molecule has 3 nitrogen and oxygen atoms in total. The molecule has 2 N–H and O–H groups in total. The second kappa shape index (κ2) is 3.97. The fourth-order valence-corrected chi connectivity index (χ4v) is 1.01. The Morgan fingerprint density at radius 3 is 2.50 bits per heavy atom. The molecule has 0 spiro atoms. The van der Waals surface area contributed by atoms with Gasteiger partial charge in [-0.3, -0.25) is 9.59 Å². The lowest BCUT2D eigenvalue weighted by molar-refractivity contribution is -0.131. The lowest BCUT2D eigenvalue weighted by Crippen LogP contribution is -2.12. The van der Waals surface area contributed by atoms with Crippen molar-refractivity contribution in [3.8, 4) is 0 Å². The van der Waals surface area contributed by atoms with Gasteiger partial charge in [-0.05, 0) is 37.1 Å². The van der Waals surface area contributed by atoms with Crippen LogP contribution in [0.5, 0.6) is 0 Å². The number of rotatable bonds is 3. The topological polar surface area (TPSA) is 60.2 Å². The van der Waals surface area contributed by atoms with Gasteiger partial charge in [0.25, 0.3) is 0 Å². The Bertz CT molecular complexity index is 264. The Morgan fingerprint density at radius 1 is 1.17 bits per heavy atom. The minimum absolute atomic E-state index is 0.426. The molecule has 0 aromatic heterocycles. The molecule has 64 valence electrons. The van der Waals surface area contributed by atoms with Crippen LogP contribution >= 0.6 is 0 Å². The predicted molar refractivity (Wildman–Crippen MR) is 45.5 cm³/mol. The SMILES string of the molecule is NCCCC1=CC(=O)C(=O)C=C1. The van der Waals surface area contributed by atoms with Crippen LogP contribution < -0.4 is 5.73 Å². The Kier molecular flexibility index (Phi) is 2.94. The van der Waals surface area contributed by atoms with E-state index in [0.717, 1.165) is 18.4 Å². The summed E-state index contributed by atoms with van der Waals surface area (Å²) in [6.07, 6.45) is 6.00. The van der Waals surface area contributed by atoms with Gasteiger partial charge in [-0.15, -0.1) is 0 Å². The van der Waals surface area contributed by atoms with E-state index in [0.29, 0.717) is 6.54 Å². The number of ketones is 2. The number of carbonyl (C=O) groups excluding carboxylic acids is 2. The molecule has 3 heteroatoms. The Morgan fingerprint density at radius 2 is 1.92 bits per heavy atom. The second-order valence-corrected chi connectivity index (χ2v) is 2.67. The molecule has 1 rings (SSSR count). The summed E-state index contributed by atoms with van der Waals surface area (Å²) in [5.41, 5.74) is 6.20. The number of nitrogens with two attached hydrogens (primary N) is 1. The number of carbonyl (C=O) groups is 2. The van der Waals surface area contributed by atoms with Crippen LogP contribution in [0.2, 0.25) is 0 Å². The van der Waals surface area contributed by atoms with Crippen LogP contribution in [0.3, 0.4) is 0 Å². The van der Waals surface area contributed by atoms with Crippen LogP contribution in [0, 0.1) is 0 Å². The molecule has 0 radical (unpaired) electrons. The maximum absolute atomic E-state index is 10.9. The highest BCUT2D eigenvalue weighted by molar-refractivity contribution is 6.46. The van der Waals surface area contributed by atoms with Crippen molar-refractivity contribution in [2.45, 2.75) is 12.8 Å². The minimum atomic E-state index is -0.438. The van der Waals surface area contributed by atoms with E-state index in [-0.39, 0.29) is 0 Å². The zero-order chi connectivity index (χ0) is 8.97. The molecule has 0 aliphatic heterocycles. The second-order valence-electron chi connectivity index (χ2n) is 2.67. The van der Waals surface area contributed by atoms with E-state index in [9.17, 15) is 9.59 Å². The fraction of sp³-hybridized carbons (Fsp3) is 0.333. The van der Waals surface area contributed by atoms with Crippen molar-refractivity contribution in [2.75, 3.05) is 6.54 Å². The van der Waals surface area contributed by atoms with Gasteiger partial charge >= 0.3 is 0 Å². The normalized spacial score (nSPS) is 16.6. The molecule has 0 fully saturated rings. The summed E-state index contributed by atoms with van der Waals surface area (Å²) in [5, 5.41) is 0. The zero-order valence-electron chi connectivity index (χ0n) is 6.75. The number of hydrogen-bond donors (Lipinski definition) is 1. The van der Waals surface area contributed by atoms with Crippen molar-refractivity contribution in [1.29, 1.82) is 0 Å². The van der Waals surface area contributed by atoms with E-state index < -0.39 is 11.6 Å². The van der Waals surface area contributed by atoms with Gasteiger partial charge in [0, 0.05) is 0 Å². The van der Waals surface area contributed by atoms with Gasteiger partial charge < -0.3 is 5.73 Å². The van der Waals surface area contributed by atoms with Crippen molar-refractivity contribution < 1.29 is 9.59 Å². The lowest BCUT2D eigenvalue weighted by atomic mass is 10.0. The average molecular weight is 165 g/mol. The van der Waals surface area contributed by atoms with E-state index in [1.54, 1.807) is 6.08 Å². The van der Waals surface area contributed by atoms with Gasteiger partial charge in [0.05, 0.1) is 0 Å². The standard InChI is InChI=1S/C9H11NO2/c10-5-1-2-7-3-4-8(11)9(12)6-7/h3-4,6H,1-2,5,10H2. The predicted octanol–water partition coefficient (Wildman–Crippen LogP) is 0.360. The molecule has 1 aliphatic rings. The highest BCUT2D eigenvalue weighted by Gasteiger charge is 2.12. The molecule has 1 aliphatic carbocycles. The van der Waals surface area contributed by atoms with E-state index in [1.165, 1.54) is 12.2 Å². The Hall–Kier alpha value is -1.22. The summed E-state index contributed by atoms with van der Waals surface area (Å²) in [6, 6.07) is 0. The molecule has 0 atom stereocenters. The molecular formula is C9H11NO2. The monoisotopic (exact) mass is 165 g/mol. The van der Waals surface area contributed by atoms with Gasteiger partial charge in [-0.25, -0.2) is 0 Å². The molecule has 0 amide bonds. The number of allylic oxidation sites excluding steroid dienone is 4. The molecule has 0 saturated carbocycles. The number of hydrogen-bond acceptors (Lipinski definition) is 3. The first kappa shape index (κ1) is 8.87. The first-order valence-corrected chi connectivity index (χ1v) is 3.91. The maximum Gasteiger partial charge on any atom is 0.225 e. The molecule has 12 heavy (non-hydrogen) atoms. The molecule has 0 bridgehead atoms. The third-order valence-corrected chi connectivity index (χ3v) is 1.68. The van der Waals surface area contributed by atoms with Crippen LogP contribution in [-0.4, -0.2) is 18.1 Å². The third-order valence-electron chi connectivity index (χ3n) is 1.68. The summed E-state index contributed by atoms with van der Waals surface area (Å²) >= 11 is 0. The van der Waals surface area contributed by atoms with Crippen molar-refractivity contribution in [3.63, 3.8) is 0 Å². The van der Waals surface area contributed by atoms with E-state index >= 15 is 0 Å². The molecule has 0 heterocycles. The molecule has 0 unspecified atom stereocenters. The summed E-state index contributed by atoms with van der Waals surface area (Å²) in [7, 11) is 0. The summed E-state index contributed by atoms with van der Waals surface area (Å²) < 4.78 is 0. The summed E-state index contributed by atoms with van der Waals surface area (Å²) in [4.78, 5) is 21.6. The van der Waals surface area contributed by atoms with Crippen LogP contribution in [-0.2, 0) is 9.59 Å². The average Bonchev–Trinajstić information content (AvgIpc) is 2.07. The van der Waals surface area contributed by atoms with Crippen molar-refractivity contribution >= 4 is 11.6 Å². The van der Waals surface area contributed by atoms with Crippen molar-refractivity contribution in [3.05, 3.63) is 23.8 Å². The van der Waals surface area contributed by atoms with E-state index in [1.807, 2.05) is 0 Å². The van der Waals surface area contributed by atoms with Crippen LogP contribution in [0.15, 0.2) is 23.8 Å². The van der Waals surface area contributed by atoms with Crippen LogP contribution in [0.1, 0.15) is 12.8 Å². The van der Waals surface area contributed by atoms with Gasteiger partial charge in [0.2, 0.25) is 11.6 Å². The minimum Gasteiger partial charge on any atom is -0.330 e. The Labute approximate surface area is 70.9 Å². The highest BCUT2D eigenvalue weighted by atomic mass is 16.2. The quantitative estimate of drug-likeness (QED) is 0.485. The fourth-order valence-electron chi connectivity index (χ4n) is 1.01. The van der Waals surface area contributed by atoms with Crippen molar-refractivity contribution in [2.24, 2.45) is 5.73 Å². The third kappa shape index (κ3) is 2.13. The summed E-state index contributed by atoms with van der Waals surface area (Å²) in [6.45, 7) is 0.604. The van der Waals surface area contributed by atoms with E-state index in [2.05, 4.69) is 0 Å². The Balaban J connectivity index is 2.57. The molecular weight excluding hydrogens is 154 g/mol. The van der Waals surface area contributed by atoms with Crippen molar-refractivity contribution in [1.82, 2.24) is 0 Å². The maximum atomic E-state index is 10.9. The first-order valence-electron chi connectivity index (χ1n) is 3.91. The highest BCUT2D eigenvalue weighted by Crippen LogP contribution is 2.10. The van der Waals surface area contributed by atoms with E-state index in [4.69, 9.17) is 5.73 Å². The van der Waals surface area contributed by atoms with Crippen LogP contribution in [0.4, 0.5) is 0 Å². The molecule has 0 aromatic carbocycles. The first-order chi connectivity index (χ1) is 5.74. The lowest BCUT2D eigenvalue weighted by Gasteiger charge is -2.03. The van der Waals surface area contributed by atoms with Gasteiger partial charge in [-0.2, -0.15) is 0 Å². The van der Waals surface area contributed by atoms with Gasteiger partial charge in [0.15, 0.2) is 0 Å². The van der Waals surface area contributed by atoms with Gasteiger partial charge in [-0.1, -0.05) is 6.08 Å². The molecule has 0 aromatic rings. The molecule has 0 saturated heterocycles.